The highest BCUT2D eigenvalue weighted by atomic mass is 31.1. The average Bonchev–Trinajstić information content (AvgIpc) is 2.05. The van der Waals surface area contributed by atoms with Gasteiger partial charge in [-0.1, -0.05) is 6.07 Å². The molecule has 0 amide bonds. The Kier molecular flexibility index (Phi) is 14.1. The summed E-state index contributed by atoms with van der Waals surface area (Å²) in [6, 6.07) is 5.72. The summed E-state index contributed by atoms with van der Waals surface area (Å²) in [5.41, 5.74) is 0. The second-order valence-corrected chi connectivity index (χ2v) is 2.72. The molecule has 0 aromatic carbocycles. The maximum Gasteiger partial charge on any atom is 0.314 e. The van der Waals surface area contributed by atoms with E-state index in [4.69, 9.17) is 28.7 Å². The Bertz CT molecular complexity index is 209. The van der Waals surface area contributed by atoms with Crippen LogP contribution in [0.5, 0.6) is 0 Å². The van der Waals surface area contributed by atoms with E-state index in [1.54, 1.807) is 12.4 Å². The Balaban J connectivity index is 0. The van der Waals surface area contributed by atoms with Crippen molar-refractivity contribution < 1.29 is 28.7 Å². The molecule has 0 saturated carbocycles. The molecule has 4 N–H and O–H groups in total. The van der Waals surface area contributed by atoms with Crippen molar-refractivity contribution in [2.45, 2.75) is 0 Å². The number of hydrogen-bond acceptors (Lipinski definition) is 3. The van der Waals surface area contributed by atoms with Crippen molar-refractivity contribution in [2.75, 3.05) is 0 Å². The number of rotatable bonds is 0. The predicted octanol–water partition coefficient (Wildman–Crippen LogP) is -0.197. The minimum atomic E-state index is -3.13. The van der Waals surface area contributed by atoms with Gasteiger partial charge in [-0.15, -0.1) is 0 Å². The zero-order chi connectivity index (χ0) is 11.4. The normalized spacial score (nSPS) is 8.43. The molecule has 0 spiro atoms. The highest BCUT2D eigenvalue weighted by Crippen LogP contribution is 1.98. The van der Waals surface area contributed by atoms with E-state index in [1.807, 2.05) is 18.2 Å². The molecule has 0 saturated heterocycles. The Morgan fingerprint density at radius 2 is 1.07 bits per heavy atom. The van der Waals surface area contributed by atoms with Crippen LogP contribution in [0.1, 0.15) is 0 Å². The van der Waals surface area contributed by atoms with Crippen LogP contribution in [0.3, 0.4) is 0 Å². The molecular formula is C5H11NO6P2. The van der Waals surface area contributed by atoms with Gasteiger partial charge >= 0.3 is 16.5 Å². The third-order valence-electron chi connectivity index (χ3n) is 0.566. The third-order valence-corrected chi connectivity index (χ3v) is 0.566. The zero-order valence-electron chi connectivity index (χ0n) is 6.94. The predicted molar refractivity (Wildman–Crippen MR) is 51.1 cm³/mol. The van der Waals surface area contributed by atoms with Gasteiger partial charge in [0.25, 0.3) is 0 Å². The minimum Gasteiger partial charge on any atom is -0.326 e. The molecule has 0 aliphatic rings. The highest BCUT2D eigenvalue weighted by molar-refractivity contribution is 7.31. The van der Waals surface area contributed by atoms with E-state index in [0.717, 1.165) is 0 Å². The lowest BCUT2D eigenvalue weighted by Crippen LogP contribution is -1.58. The Labute approximate surface area is 81.6 Å². The summed E-state index contributed by atoms with van der Waals surface area (Å²) in [7, 11) is -6.26. The first kappa shape index (κ1) is 15.9. The van der Waals surface area contributed by atoms with Crippen LogP contribution in [0.15, 0.2) is 30.6 Å². The second kappa shape index (κ2) is 12.4. The molecule has 0 unspecified atom stereocenters. The average molecular weight is 243 g/mol. The molecule has 0 aliphatic carbocycles. The Hall–Kier alpha value is -0.550. The Morgan fingerprint density at radius 1 is 0.786 bits per heavy atom. The first-order valence-corrected chi connectivity index (χ1v) is 5.76. The summed E-state index contributed by atoms with van der Waals surface area (Å²) in [6.45, 7) is 0. The van der Waals surface area contributed by atoms with Crippen LogP contribution < -0.4 is 0 Å². The second-order valence-electron chi connectivity index (χ2n) is 1.59. The quantitative estimate of drug-likeness (QED) is 0.464. The van der Waals surface area contributed by atoms with E-state index >= 15 is 0 Å². The first-order chi connectivity index (χ1) is 6.46. The Morgan fingerprint density at radius 3 is 1.14 bits per heavy atom. The van der Waals surface area contributed by atoms with Gasteiger partial charge in [-0.25, -0.2) is 0 Å². The molecule has 14 heavy (non-hydrogen) atoms. The van der Waals surface area contributed by atoms with Crippen molar-refractivity contribution in [1.29, 1.82) is 0 Å². The van der Waals surface area contributed by atoms with Gasteiger partial charge in [-0.3, -0.25) is 14.1 Å². The van der Waals surface area contributed by atoms with Crippen molar-refractivity contribution in [3.8, 4) is 0 Å². The molecule has 0 bridgehead atoms. The van der Waals surface area contributed by atoms with E-state index in [9.17, 15) is 0 Å². The van der Waals surface area contributed by atoms with Crippen molar-refractivity contribution in [1.82, 2.24) is 4.98 Å². The van der Waals surface area contributed by atoms with E-state index in [1.165, 1.54) is 0 Å². The van der Waals surface area contributed by atoms with Crippen LogP contribution in [0.25, 0.3) is 0 Å². The van der Waals surface area contributed by atoms with Gasteiger partial charge in [0.05, 0.1) is 0 Å². The lowest BCUT2D eigenvalue weighted by molar-refractivity contribution is 0.403. The molecule has 0 fully saturated rings. The van der Waals surface area contributed by atoms with Gasteiger partial charge in [0.1, 0.15) is 0 Å². The van der Waals surface area contributed by atoms with Crippen molar-refractivity contribution in [3.05, 3.63) is 30.6 Å². The summed E-state index contributed by atoms with van der Waals surface area (Å²) in [5, 5.41) is 0. The van der Waals surface area contributed by atoms with Crippen LogP contribution >= 0.6 is 16.5 Å². The molecule has 0 aliphatic heterocycles. The summed E-state index contributed by atoms with van der Waals surface area (Å²) in [5.74, 6) is 0. The zero-order valence-corrected chi connectivity index (χ0v) is 8.94. The summed E-state index contributed by atoms with van der Waals surface area (Å²) >= 11 is 0. The maximum absolute atomic E-state index is 8.74. The smallest absolute Gasteiger partial charge is 0.314 e. The standard InChI is InChI=1S/C5H5N.2H3O3P/c1-2-4-6-5-3-1;2*1-4(2)3/h1-5H;2*4H,(H2,1,2,3). The van der Waals surface area contributed by atoms with E-state index in [-0.39, 0.29) is 0 Å². The van der Waals surface area contributed by atoms with Crippen LogP contribution in [0.2, 0.25) is 0 Å². The van der Waals surface area contributed by atoms with Crippen molar-refractivity contribution >= 4 is 16.5 Å². The van der Waals surface area contributed by atoms with Crippen LogP contribution in [0, 0.1) is 0 Å². The topological polar surface area (TPSA) is 128 Å². The fourth-order valence-electron chi connectivity index (χ4n) is 0.313. The summed E-state index contributed by atoms with van der Waals surface area (Å²) in [4.78, 5) is 32.4. The van der Waals surface area contributed by atoms with Crippen LogP contribution in [-0.4, -0.2) is 24.6 Å². The number of aromatic nitrogens is 1. The molecule has 7 nitrogen and oxygen atoms in total. The largest absolute Gasteiger partial charge is 0.326 e. The van der Waals surface area contributed by atoms with Gasteiger partial charge in [-0.05, 0) is 12.1 Å². The third kappa shape index (κ3) is 42.1. The molecule has 9 heteroatoms. The maximum atomic E-state index is 8.74. The molecule has 0 atom stereocenters. The molecule has 82 valence electrons. The molecular weight excluding hydrogens is 232 g/mol. The lowest BCUT2D eigenvalue weighted by Gasteiger charge is -1.70. The minimum absolute atomic E-state index is 1.75. The number of pyridine rings is 1. The SMILES string of the molecule is O=[PH](O)O.O=[PH](O)O.c1ccncc1. The number of hydrogen-bond donors (Lipinski definition) is 4. The molecule has 1 heterocycles. The van der Waals surface area contributed by atoms with Crippen LogP contribution in [-0.2, 0) is 9.13 Å². The first-order valence-electron chi connectivity index (χ1n) is 3.15. The van der Waals surface area contributed by atoms with Gasteiger partial charge in [0.2, 0.25) is 0 Å². The fourth-order valence-corrected chi connectivity index (χ4v) is 0.313. The van der Waals surface area contributed by atoms with Crippen LogP contribution in [0.4, 0.5) is 0 Å². The highest BCUT2D eigenvalue weighted by Gasteiger charge is 1.62. The van der Waals surface area contributed by atoms with Crippen molar-refractivity contribution in [2.24, 2.45) is 0 Å². The van der Waals surface area contributed by atoms with E-state index in [2.05, 4.69) is 4.98 Å². The monoisotopic (exact) mass is 243 g/mol. The van der Waals surface area contributed by atoms with Crippen molar-refractivity contribution in [3.63, 3.8) is 0 Å². The van der Waals surface area contributed by atoms with Gasteiger partial charge in [0.15, 0.2) is 0 Å². The van der Waals surface area contributed by atoms with Gasteiger partial charge in [-0.2, -0.15) is 0 Å². The number of nitrogens with zero attached hydrogens (tertiary/aromatic N) is 1. The fraction of sp³-hybridized carbons (Fsp3) is 0. The van der Waals surface area contributed by atoms with Gasteiger partial charge in [0, 0.05) is 12.4 Å². The lowest BCUT2D eigenvalue weighted by atomic mass is 10.5. The molecule has 0 radical (unpaired) electrons. The summed E-state index contributed by atoms with van der Waals surface area (Å²) in [6.07, 6.45) is 3.50. The van der Waals surface area contributed by atoms with E-state index in [0.29, 0.717) is 0 Å². The molecule has 1 aromatic rings. The molecule has 1 aromatic heterocycles. The van der Waals surface area contributed by atoms with E-state index < -0.39 is 16.5 Å². The molecule has 1 rings (SSSR count). The van der Waals surface area contributed by atoms with Gasteiger partial charge < -0.3 is 19.6 Å². The summed E-state index contributed by atoms with van der Waals surface area (Å²) < 4.78 is 17.5.